The molecule has 5 nitrogen and oxygen atoms in total. The summed E-state index contributed by atoms with van der Waals surface area (Å²) >= 11 is 1.40. The van der Waals surface area contributed by atoms with Crippen LogP contribution in [-0.2, 0) is 9.59 Å². The second-order valence-electron chi connectivity index (χ2n) is 3.03. The van der Waals surface area contributed by atoms with Crippen LogP contribution in [0.15, 0.2) is 0 Å². The molecular formula is C8H16N2O3S. The van der Waals surface area contributed by atoms with Crippen molar-refractivity contribution in [2.45, 2.75) is 25.4 Å². The highest BCUT2D eigenvalue weighted by Gasteiger charge is 2.12. The Labute approximate surface area is 87.2 Å². The van der Waals surface area contributed by atoms with E-state index in [2.05, 4.69) is 0 Å². The molecule has 6 heteroatoms. The van der Waals surface area contributed by atoms with Crippen LogP contribution in [0.25, 0.3) is 0 Å². The third-order valence-electron chi connectivity index (χ3n) is 1.71. The molecule has 0 unspecified atom stereocenters. The minimum atomic E-state index is -1.01. The van der Waals surface area contributed by atoms with Gasteiger partial charge in [-0.2, -0.15) is 11.8 Å². The van der Waals surface area contributed by atoms with Crippen molar-refractivity contribution >= 4 is 23.5 Å². The van der Waals surface area contributed by atoms with Crippen LogP contribution in [0.5, 0.6) is 0 Å². The van der Waals surface area contributed by atoms with E-state index in [1.165, 1.54) is 18.7 Å². The standard InChI is InChI=1S/C8H16N2O3S/c1-5(11)6(9)2-3-14-4-7(10)8(12)13/h6-7H,2-4,9-10H2,1H3,(H,12,13)/t6-,7+/m1/s1. The number of carboxylic acid groups (broad SMARTS) is 1. The van der Waals surface area contributed by atoms with Gasteiger partial charge in [0, 0.05) is 5.75 Å². The van der Waals surface area contributed by atoms with Crippen molar-refractivity contribution in [1.29, 1.82) is 0 Å². The number of aliphatic carboxylic acids is 1. The van der Waals surface area contributed by atoms with Gasteiger partial charge in [-0.05, 0) is 19.1 Å². The van der Waals surface area contributed by atoms with E-state index < -0.39 is 18.1 Å². The highest BCUT2D eigenvalue weighted by molar-refractivity contribution is 7.99. The summed E-state index contributed by atoms with van der Waals surface area (Å²) in [7, 11) is 0. The maximum atomic E-state index is 10.7. The molecule has 0 heterocycles. The number of hydrogen-bond acceptors (Lipinski definition) is 5. The molecule has 0 radical (unpaired) electrons. The molecule has 0 aliphatic rings. The van der Waals surface area contributed by atoms with E-state index in [9.17, 15) is 9.59 Å². The van der Waals surface area contributed by atoms with Crippen LogP contribution in [0.1, 0.15) is 13.3 Å². The Balaban J connectivity index is 3.47. The summed E-state index contributed by atoms with van der Waals surface area (Å²) in [5.74, 6) is -0.0525. The second kappa shape index (κ2) is 6.80. The van der Waals surface area contributed by atoms with Gasteiger partial charge in [-0.3, -0.25) is 9.59 Å². The van der Waals surface area contributed by atoms with E-state index in [0.29, 0.717) is 17.9 Å². The number of rotatable bonds is 7. The van der Waals surface area contributed by atoms with Crippen molar-refractivity contribution in [3.8, 4) is 0 Å². The van der Waals surface area contributed by atoms with Crippen molar-refractivity contribution in [3.05, 3.63) is 0 Å². The van der Waals surface area contributed by atoms with Crippen LogP contribution in [0.4, 0.5) is 0 Å². The average Bonchev–Trinajstić information content (AvgIpc) is 2.11. The van der Waals surface area contributed by atoms with E-state index >= 15 is 0 Å². The maximum absolute atomic E-state index is 10.7. The zero-order valence-corrected chi connectivity index (χ0v) is 8.92. The molecule has 0 aliphatic carbocycles. The highest BCUT2D eigenvalue weighted by Crippen LogP contribution is 2.05. The fourth-order valence-electron chi connectivity index (χ4n) is 0.695. The number of hydrogen-bond donors (Lipinski definition) is 3. The number of thioether (sulfide) groups is 1. The van der Waals surface area contributed by atoms with Crippen molar-refractivity contribution < 1.29 is 14.7 Å². The number of Topliss-reactive ketones (excluding diaryl/α,β-unsaturated/α-hetero) is 1. The van der Waals surface area contributed by atoms with Gasteiger partial charge in [0.15, 0.2) is 0 Å². The van der Waals surface area contributed by atoms with Gasteiger partial charge in [0.05, 0.1) is 6.04 Å². The van der Waals surface area contributed by atoms with E-state index in [0.717, 1.165) is 0 Å². The summed E-state index contributed by atoms with van der Waals surface area (Å²) in [6.45, 7) is 1.44. The van der Waals surface area contributed by atoms with Crippen molar-refractivity contribution in [3.63, 3.8) is 0 Å². The van der Waals surface area contributed by atoms with E-state index in [-0.39, 0.29) is 5.78 Å². The molecule has 82 valence electrons. The molecule has 5 N–H and O–H groups in total. The molecule has 0 fully saturated rings. The first kappa shape index (κ1) is 13.4. The maximum Gasteiger partial charge on any atom is 0.321 e. The first-order valence-corrected chi connectivity index (χ1v) is 5.42. The molecule has 2 atom stereocenters. The monoisotopic (exact) mass is 220 g/mol. The number of carbonyl (C=O) groups is 2. The minimum absolute atomic E-state index is 0.0480. The normalized spacial score (nSPS) is 14.8. The largest absolute Gasteiger partial charge is 0.480 e. The Morgan fingerprint density at radius 3 is 2.36 bits per heavy atom. The van der Waals surface area contributed by atoms with Crippen molar-refractivity contribution in [1.82, 2.24) is 0 Å². The molecule has 0 saturated heterocycles. The predicted molar refractivity (Wildman–Crippen MR) is 56.2 cm³/mol. The fraction of sp³-hybridized carbons (Fsp3) is 0.750. The van der Waals surface area contributed by atoms with Gasteiger partial charge < -0.3 is 16.6 Å². The molecule has 0 spiro atoms. The predicted octanol–water partition coefficient (Wildman–Crippen LogP) is -0.562. The van der Waals surface area contributed by atoms with Crippen LogP contribution in [0, 0.1) is 0 Å². The Kier molecular flexibility index (Phi) is 6.52. The highest BCUT2D eigenvalue weighted by atomic mass is 32.2. The lowest BCUT2D eigenvalue weighted by Gasteiger charge is -2.08. The molecule has 0 aromatic heterocycles. The van der Waals surface area contributed by atoms with Crippen LogP contribution < -0.4 is 11.5 Å². The molecule has 0 amide bonds. The summed E-state index contributed by atoms with van der Waals surface area (Å²) in [5.41, 5.74) is 10.8. The van der Waals surface area contributed by atoms with Gasteiger partial charge in [-0.15, -0.1) is 0 Å². The first-order chi connectivity index (χ1) is 6.45. The summed E-state index contributed by atoms with van der Waals surface area (Å²) in [6, 6.07) is -1.28. The lowest BCUT2D eigenvalue weighted by atomic mass is 10.2. The van der Waals surface area contributed by atoms with Gasteiger partial charge in [0.2, 0.25) is 0 Å². The summed E-state index contributed by atoms with van der Waals surface area (Å²) < 4.78 is 0. The Morgan fingerprint density at radius 1 is 1.36 bits per heavy atom. The molecular weight excluding hydrogens is 204 g/mol. The summed E-state index contributed by atoms with van der Waals surface area (Å²) in [6.07, 6.45) is 0.562. The molecule has 14 heavy (non-hydrogen) atoms. The SMILES string of the molecule is CC(=O)[C@H](N)CCSC[C@H](N)C(=O)O. The van der Waals surface area contributed by atoms with Gasteiger partial charge in [0.25, 0.3) is 0 Å². The van der Waals surface area contributed by atoms with E-state index in [1.54, 1.807) is 0 Å². The number of carboxylic acids is 1. The molecule has 0 bridgehead atoms. The van der Waals surface area contributed by atoms with E-state index in [1.807, 2.05) is 0 Å². The molecule has 0 rings (SSSR count). The zero-order chi connectivity index (χ0) is 11.1. The topological polar surface area (TPSA) is 106 Å². The average molecular weight is 220 g/mol. The molecule has 0 aromatic rings. The van der Waals surface area contributed by atoms with Crippen molar-refractivity contribution in [2.75, 3.05) is 11.5 Å². The lowest BCUT2D eigenvalue weighted by molar-refractivity contribution is -0.137. The van der Waals surface area contributed by atoms with Crippen molar-refractivity contribution in [2.24, 2.45) is 11.5 Å². The van der Waals surface area contributed by atoms with Gasteiger partial charge in [0.1, 0.15) is 11.8 Å². The number of carbonyl (C=O) groups excluding carboxylic acids is 1. The smallest absolute Gasteiger partial charge is 0.321 e. The third kappa shape index (κ3) is 5.95. The first-order valence-electron chi connectivity index (χ1n) is 4.27. The van der Waals surface area contributed by atoms with Gasteiger partial charge >= 0.3 is 5.97 Å². The Hall–Kier alpha value is -0.590. The minimum Gasteiger partial charge on any atom is -0.480 e. The number of ketones is 1. The quantitative estimate of drug-likeness (QED) is 0.496. The molecule has 0 saturated carbocycles. The van der Waals surface area contributed by atoms with E-state index in [4.69, 9.17) is 16.6 Å². The Bertz CT molecular complexity index is 189. The van der Waals surface area contributed by atoms with Gasteiger partial charge in [-0.1, -0.05) is 0 Å². The van der Waals surface area contributed by atoms with Gasteiger partial charge in [-0.25, -0.2) is 0 Å². The summed E-state index contributed by atoms with van der Waals surface area (Å²) in [5, 5.41) is 8.46. The molecule has 0 aliphatic heterocycles. The lowest BCUT2D eigenvalue weighted by Crippen LogP contribution is -2.33. The Morgan fingerprint density at radius 2 is 1.93 bits per heavy atom. The van der Waals surface area contributed by atoms with Crippen LogP contribution in [-0.4, -0.2) is 40.4 Å². The fourth-order valence-corrected chi connectivity index (χ4v) is 1.68. The molecule has 0 aromatic carbocycles. The third-order valence-corrected chi connectivity index (χ3v) is 2.83. The van der Waals surface area contributed by atoms with Crippen LogP contribution in [0.2, 0.25) is 0 Å². The zero-order valence-electron chi connectivity index (χ0n) is 8.10. The number of nitrogens with two attached hydrogens (primary N) is 2. The van der Waals surface area contributed by atoms with Crippen LogP contribution in [0.3, 0.4) is 0 Å². The summed E-state index contributed by atoms with van der Waals surface area (Å²) in [4.78, 5) is 21.0. The second-order valence-corrected chi connectivity index (χ2v) is 4.18. The van der Waals surface area contributed by atoms with Crippen LogP contribution >= 0.6 is 11.8 Å².